The number of carbonyl (C=O) groups excluding carboxylic acids is 2. The van der Waals surface area contributed by atoms with Gasteiger partial charge in [-0.2, -0.15) is 0 Å². The zero-order chi connectivity index (χ0) is 26.4. The van der Waals surface area contributed by atoms with Crippen molar-refractivity contribution in [1.82, 2.24) is 0 Å². The van der Waals surface area contributed by atoms with Crippen LogP contribution in [0.4, 0.5) is 0 Å². The summed E-state index contributed by atoms with van der Waals surface area (Å²) in [5, 5.41) is 31.5. The summed E-state index contributed by atoms with van der Waals surface area (Å²) >= 11 is 0. The molecule has 0 aromatic heterocycles. The van der Waals surface area contributed by atoms with Crippen LogP contribution in [0.3, 0.4) is 0 Å². The van der Waals surface area contributed by atoms with E-state index in [2.05, 4.69) is 40.7 Å². The molecule has 0 spiro atoms. The Morgan fingerprint density at radius 1 is 1.06 bits per heavy atom. The molecule has 0 heterocycles. The predicted octanol–water partition coefficient (Wildman–Crippen LogP) is 4.86. The van der Waals surface area contributed by atoms with Gasteiger partial charge in [0.15, 0.2) is 5.78 Å². The van der Waals surface area contributed by atoms with Gasteiger partial charge < -0.3 is 15.3 Å². The van der Waals surface area contributed by atoms with E-state index in [1.807, 2.05) is 6.92 Å². The lowest BCUT2D eigenvalue weighted by Crippen LogP contribution is -2.57. The average Bonchev–Trinajstić information content (AvgIpc) is 3.05. The normalized spacial score (nSPS) is 43.3. The zero-order valence-electron chi connectivity index (χ0n) is 23.1. The summed E-state index contributed by atoms with van der Waals surface area (Å²) in [7, 11) is 0. The molecule has 4 rings (SSSR count). The predicted molar refractivity (Wildman–Crippen MR) is 136 cm³/mol. The summed E-state index contributed by atoms with van der Waals surface area (Å²) in [5.74, 6) is 0.419. The first-order chi connectivity index (χ1) is 15.9. The maximum Gasteiger partial charge on any atom is 0.192 e. The van der Waals surface area contributed by atoms with E-state index in [0.29, 0.717) is 24.0 Å². The van der Waals surface area contributed by atoms with E-state index in [0.717, 1.165) is 38.5 Å². The monoisotopic (exact) mass is 488 g/mol. The summed E-state index contributed by atoms with van der Waals surface area (Å²) in [6.07, 6.45) is 6.24. The van der Waals surface area contributed by atoms with Gasteiger partial charge in [0.2, 0.25) is 0 Å². The van der Waals surface area contributed by atoms with Crippen LogP contribution in [-0.2, 0) is 9.59 Å². The van der Waals surface area contributed by atoms with Crippen LogP contribution in [0.15, 0.2) is 11.6 Å². The second-order valence-electron chi connectivity index (χ2n) is 14.3. The highest BCUT2D eigenvalue weighted by Gasteiger charge is 2.65. The minimum atomic E-state index is -1.61. The van der Waals surface area contributed by atoms with Crippen LogP contribution in [-0.4, -0.2) is 44.7 Å². The number of carbonyl (C=O) groups is 2. The van der Waals surface area contributed by atoms with Crippen molar-refractivity contribution in [3.63, 3.8) is 0 Å². The van der Waals surface area contributed by atoms with Crippen LogP contribution in [0, 0.1) is 45.3 Å². The van der Waals surface area contributed by atoms with Crippen molar-refractivity contribution in [2.24, 2.45) is 45.3 Å². The Bertz CT molecular complexity index is 928. The number of fused-ring (bicyclic) bond motifs is 5. The van der Waals surface area contributed by atoms with E-state index < -0.39 is 23.6 Å². The van der Waals surface area contributed by atoms with Gasteiger partial charge in [-0.1, -0.05) is 53.2 Å². The summed E-state index contributed by atoms with van der Waals surface area (Å²) in [4.78, 5) is 25.7. The number of hydrogen-bond donors (Lipinski definition) is 3. The molecule has 3 N–H and O–H groups in total. The van der Waals surface area contributed by atoms with E-state index in [4.69, 9.17) is 0 Å². The summed E-state index contributed by atoms with van der Waals surface area (Å²) in [6.45, 7) is 16.2. The lowest BCUT2D eigenvalue weighted by molar-refractivity contribution is -0.154. The maximum absolute atomic E-state index is 12.8. The third-order valence-corrected chi connectivity index (χ3v) is 12.0. The molecule has 5 nitrogen and oxygen atoms in total. The molecule has 0 amide bonds. The third kappa shape index (κ3) is 3.66. The lowest BCUT2D eigenvalue weighted by Gasteiger charge is -2.63. The highest BCUT2D eigenvalue weighted by Crippen LogP contribution is 2.73. The standard InChI is InChI=1S/C30H48O5/c1-17(23(32)24(33)25(34)27(4,5)35)18-11-15-30(8)20-9-10-21-26(2,3)22(31)13-14-28(21,6)19(20)12-16-29(18,30)7/h9,17-19,21,23,25,32,34-35H,10-16H2,1-8H3/t17-,18+,19+,21+,23+,25-,28-,29+,30-/m1/s1. The maximum atomic E-state index is 12.8. The Morgan fingerprint density at radius 2 is 1.69 bits per heavy atom. The average molecular weight is 489 g/mol. The first kappa shape index (κ1) is 27.0. The smallest absolute Gasteiger partial charge is 0.192 e. The molecule has 0 unspecified atom stereocenters. The molecule has 0 aromatic rings. The van der Waals surface area contributed by atoms with E-state index in [9.17, 15) is 24.9 Å². The number of rotatable bonds is 5. The SMILES string of the molecule is C[C@@H]([C@H](O)C(=O)[C@@H](O)C(C)(C)O)[C@@H]1CC[C@]2(C)C3=CC[C@H]4C(C)(C)C(=O)CC[C@]4(C)[C@H]3CC[C@@]12C. The highest BCUT2D eigenvalue weighted by molar-refractivity contribution is 5.88. The molecule has 0 bridgehead atoms. The quantitative estimate of drug-likeness (QED) is 0.481. The number of ketones is 2. The fourth-order valence-electron chi connectivity index (χ4n) is 9.39. The van der Waals surface area contributed by atoms with E-state index >= 15 is 0 Å². The minimum absolute atomic E-state index is 0.00788. The molecule has 3 saturated carbocycles. The van der Waals surface area contributed by atoms with E-state index in [-0.39, 0.29) is 33.5 Å². The fraction of sp³-hybridized carbons (Fsp3) is 0.867. The van der Waals surface area contributed by atoms with Crippen molar-refractivity contribution in [1.29, 1.82) is 0 Å². The molecule has 5 heteroatoms. The Labute approximate surface area is 211 Å². The van der Waals surface area contributed by atoms with Gasteiger partial charge >= 0.3 is 0 Å². The Balaban J connectivity index is 1.64. The van der Waals surface area contributed by atoms with Gasteiger partial charge in [0.05, 0.1) is 5.60 Å². The van der Waals surface area contributed by atoms with Gasteiger partial charge in [-0.05, 0) is 92.3 Å². The topological polar surface area (TPSA) is 94.8 Å². The van der Waals surface area contributed by atoms with Gasteiger partial charge in [0.25, 0.3) is 0 Å². The van der Waals surface area contributed by atoms with Gasteiger partial charge in [-0.3, -0.25) is 9.59 Å². The summed E-state index contributed by atoms with van der Waals surface area (Å²) < 4.78 is 0. The van der Waals surface area contributed by atoms with E-state index in [1.54, 1.807) is 5.57 Å². The van der Waals surface area contributed by atoms with Crippen LogP contribution in [0.25, 0.3) is 0 Å². The Morgan fingerprint density at radius 3 is 2.29 bits per heavy atom. The van der Waals surface area contributed by atoms with Gasteiger partial charge in [0.1, 0.15) is 18.0 Å². The van der Waals surface area contributed by atoms with E-state index in [1.165, 1.54) is 13.8 Å². The van der Waals surface area contributed by atoms with Crippen LogP contribution >= 0.6 is 0 Å². The molecule has 3 fully saturated rings. The Kier molecular flexibility index (Phi) is 6.35. The number of Topliss-reactive ketones (excluding diaryl/α,β-unsaturated/α-hetero) is 2. The molecule has 0 aromatic carbocycles. The second-order valence-corrected chi connectivity index (χ2v) is 14.3. The number of aliphatic hydroxyl groups is 3. The highest BCUT2D eigenvalue weighted by atomic mass is 16.4. The molecule has 0 radical (unpaired) electrons. The summed E-state index contributed by atoms with van der Waals surface area (Å²) in [6, 6.07) is 0. The Hall–Kier alpha value is -1.04. The van der Waals surface area contributed by atoms with Gasteiger partial charge in [-0.25, -0.2) is 0 Å². The van der Waals surface area contributed by atoms with Crippen LogP contribution < -0.4 is 0 Å². The first-order valence-electron chi connectivity index (χ1n) is 13.8. The molecule has 9 atom stereocenters. The van der Waals surface area contributed by atoms with Crippen molar-refractivity contribution in [3.8, 4) is 0 Å². The molecule has 35 heavy (non-hydrogen) atoms. The lowest BCUT2D eigenvalue weighted by atomic mass is 9.41. The zero-order valence-corrected chi connectivity index (χ0v) is 23.1. The van der Waals surface area contributed by atoms with Gasteiger partial charge in [0, 0.05) is 11.8 Å². The van der Waals surface area contributed by atoms with Crippen LogP contribution in [0.2, 0.25) is 0 Å². The number of allylic oxidation sites excluding steroid dienone is 2. The number of aliphatic hydroxyl groups excluding tert-OH is 2. The van der Waals surface area contributed by atoms with Crippen molar-refractivity contribution < 1.29 is 24.9 Å². The minimum Gasteiger partial charge on any atom is -0.387 e. The van der Waals surface area contributed by atoms with Crippen LogP contribution in [0.1, 0.15) is 100 Å². The molecule has 198 valence electrons. The molecular weight excluding hydrogens is 440 g/mol. The molecule has 4 aliphatic rings. The van der Waals surface area contributed by atoms with Crippen molar-refractivity contribution in [3.05, 3.63) is 11.6 Å². The first-order valence-corrected chi connectivity index (χ1v) is 13.8. The third-order valence-electron chi connectivity index (χ3n) is 12.0. The molecule has 4 aliphatic carbocycles. The molecule has 0 aliphatic heterocycles. The number of hydrogen-bond acceptors (Lipinski definition) is 5. The van der Waals surface area contributed by atoms with Crippen molar-refractivity contribution >= 4 is 11.6 Å². The molecular formula is C30H48O5. The van der Waals surface area contributed by atoms with Crippen LogP contribution in [0.5, 0.6) is 0 Å². The largest absolute Gasteiger partial charge is 0.387 e. The molecule has 0 saturated heterocycles. The van der Waals surface area contributed by atoms with Crippen molar-refractivity contribution in [2.75, 3.05) is 0 Å². The second kappa shape index (κ2) is 8.23. The van der Waals surface area contributed by atoms with Crippen molar-refractivity contribution in [2.45, 2.75) is 118 Å². The fourth-order valence-corrected chi connectivity index (χ4v) is 9.39. The van der Waals surface area contributed by atoms with Gasteiger partial charge in [-0.15, -0.1) is 0 Å². The summed E-state index contributed by atoms with van der Waals surface area (Å²) in [5.41, 5.74) is -0.248.